The minimum atomic E-state index is -0.210. The standard InChI is InChI=1S/C16H23ClFN/c1-4-19-15(13-6-5-9-16(13,2)3)12-10-11(18)7-8-14(12)17/h7-8,10,13,15,19H,4-6,9H2,1-3H3. The maximum absolute atomic E-state index is 13.5. The highest BCUT2D eigenvalue weighted by Gasteiger charge is 2.40. The summed E-state index contributed by atoms with van der Waals surface area (Å²) in [6.45, 7) is 7.57. The summed E-state index contributed by atoms with van der Waals surface area (Å²) in [4.78, 5) is 0. The highest BCUT2D eigenvalue weighted by molar-refractivity contribution is 6.31. The van der Waals surface area contributed by atoms with E-state index in [2.05, 4.69) is 26.1 Å². The average Bonchev–Trinajstić information content (AvgIpc) is 2.69. The van der Waals surface area contributed by atoms with Gasteiger partial charge in [0.05, 0.1) is 0 Å². The van der Waals surface area contributed by atoms with Crippen molar-refractivity contribution < 1.29 is 4.39 Å². The van der Waals surface area contributed by atoms with Gasteiger partial charge >= 0.3 is 0 Å². The molecule has 1 nitrogen and oxygen atoms in total. The molecule has 0 aliphatic heterocycles. The lowest BCUT2D eigenvalue weighted by atomic mass is 9.75. The summed E-state index contributed by atoms with van der Waals surface area (Å²) in [5, 5.41) is 4.18. The van der Waals surface area contributed by atoms with E-state index in [0.717, 1.165) is 12.1 Å². The topological polar surface area (TPSA) is 12.0 Å². The van der Waals surface area contributed by atoms with Gasteiger partial charge in [0.15, 0.2) is 0 Å². The lowest BCUT2D eigenvalue weighted by Gasteiger charge is -2.35. The fourth-order valence-electron chi connectivity index (χ4n) is 3.41. The van der Waals surface area contributed by atoms with Gasteiger partial charge in [-0.25, -0.2) is 4.39 Å². The van der Waals surface area contributed by atoms with Crippen LogP contribution >= 0.6 is 11.6 Å². The van der Waals surface area contributed by atoms with Crippen LogP contribution in [0.2, 0.25) is 5.02 Å². The summed E-state index contributed by atoms with van der Waals surface area (Å²) in [7, 11) is 0. The number of hydrogen-bond acceptors (Lipinski definition) is 1. The van der Waals surface area contributed by atoms with Crippen LogP contribution in [0.15, 0.2) is 18.2 Å². The molecule has 1 saturated carbocycles. The van der Waals surface area contributed by atoms with Gasteiger partial charge in [-0.1, -0.05) is 38.8 Å². The lowest BCUT2D eigenvalue weighted by Crippen LogP contribution is -2.34. The number of benzene rings is 1. The van der Waals surface area contributed by atoms with Crippen LogP contribution < -0.4 is 5.32 Å². The Bertz CT molecular complexity index is 444. The molecule has 2 rings (SSSR count). The Labute approximate surface area is 120 Å². The van der Waals surface area contributed by atoms with Crippen LogP contribution in [0.3, 0.4) is 0 Å². The largest absolute Gasteiger partial charge is 0.310 e. The van der Waals surface area contributed by atoms with Gasteiger partial charge in [-0.15, -0.1) is 0 Å². The molecule has 0 heterocycles. The van der Waals surface area contributed by atoms with Crippen LogP contribution in [-0.2, 0) is 0 Å². The Balaban J connectivity index is 2.37. The summed E-state index contributed by atoms with van der Waals surface area (Å²) in [6, 6.07) is 4.82. The minimum absolute atomic E-state index is 0.144. The zero-order chi connectivity index (χ0) is 14.0. The van der Waals surface area contributed by atoms with Crippen LogP contribution in [-0.4, -0.2) is 6.54 Å². The van der Waals surface area contributed by atoms with Crippen LogP contribution in [0, 0.1) is 17.2 Å². The molecule has 1 aliphatic rings. The molecule has 3 heteroatoms. The van der Waals surface area contributed by atoms with E-state index in [-0.39, 0.29) is 17.3 Å². The summed E-state index contributed by atoms with van der Waals surface area (Å²) in [5.74, 6) is 0.296. The van der Waals surface area contributed by atoms with E-state index >= 15 is 0 Å². The van der Waals surface area contributed by atoms with E-state index in [1.54, 1.807) is 12.1 Å². The SMILES string of the molecule is CCNC(c1cc(F)ccc1Cl)C1CCCC1(C)C. The quantitative estimate of drug-likeness (QED) is 0.824. The van der Waals surface area contributed by atoms with Crippen molar-refractivity contribution in [1.29, 1.82) is 0 Å². The van der Waals surface area contributed by atoms with E-state index in [9.17, 15) is 4.39 Å². The van der Waals surface area contributed by atoms with Crippen molar-refractivity contribution in [3.63, 3.8) is 0 Å². The van der Waals surface area contributed by atoms with Gasteiger partial charge in [-0.05, 0) is 54.5 Å². The van der Waals surface area contributed by atoms with Crippen LogP contribution in [0.25, 0.3) is 0 Å². The molecule has 0 aromatic heterocycles. The molecule has 1 aromatic carbocycles. The molecule has 1 N–H and O–H groups in total. The Morgan fingerprint density at radius 2 is 2.21 bits per heavy atom. The van der Waals surface area contributed by atoms with E-state index in [1.807, 2.05) is 0 Å². The normalized spacial score (nSPS) is 23.5. The maximum atomic E-state index is 13.5. The summed E-state index contributed by atoms with van der Waals surface area (Å²) < 4.78 is 13.5. The highest BCUT2D eigenvalue weighted by atomic mass is 35.5. The summed E-state index contributed by atoms with van der Waals surface area (Å²) >= 11 is 6.29. The predicted molar refractivity (Wildman–Crippen MR) is 78.9 cm³/mol. The third-order valence-electron chi connectivity index (χ3n) is 4.46. The third kappa shape index (κ3) is 3.11. The Kier molecular flexibility index (Phi) is 4.52. The molecule has 1 fully saturated rings. The minimum Gasteiger partial charge on any atom is -0.310 e. The number of nitrogens with one attached hydrogen (secondary N) is 1. The van der Waals surface area contributed by atoms with Gasteiger partial charge in [0.1, 0.15) is 5.82 Å². The van der Waals surface area contributed by atoms with E-state index in [4.69, 9.17) is 11.6 Å². The molecule has 2 atom stereocenters. The predicted octanol–water partition coefficient (Wildman–Crippen LogP) is 4.96. The molecule has 19 heavy (non-hydrogen) atoms. The van der Waals surface area contributed by atoms with Crippen molar-refractivity contribution in [3.05, 3.63) is 34.6 Å². The third-order valence-corrected chi connectivity index (χ3v) is 4.80. The highest BCUT2D eigenvalue weighted by Crippen LogP contribution is 2.49. The Hall–Kier alpha value is -0.600. The van der Waals surface area contributed by atoms with Gasteiger partial charge in [-0.2, -0.15) is 0 Å². The molecule has 0 radical (unpaired) electrons. The molecule has 1 aliphatic carbocycles. The van der Waals surface area contributed by atoms with Crippen molar-refractivity contribution in [3.8, 4) is 0 Å². The van der Waals surface area contributed by atoms with E-state index in [1.165, 1.54) is 25.3 Å². The second kappa shape index (κ2) is 5.80. The molecule has 0 saturated heterocycles. The van der Waals surface area contributed by atoms with Crippen LogP contribution in [0.5, 0.6) is 0 Å². The smallest absolute Gasteiger partial charge is 0.123 e. The van der Waals surface area contributed by atoms with Crippen LogP contribution in [0.4, 0.5) is 4.39 Å². The van der Waals surface area contributed by atoms with Crippen molar-refractivity contribution in [2.24, 2.45) is 11.3 Å². The summed E-state index contributed by atoms with van der Waals surface area (Å²) in [6.07, 6.45) is 3.65. The maximum Gasteiger partial charge on any atom is 0.123 e. The fraction of sp³-hybridized carbons (Fsp3) is 0.625. The summed E-state index contributed by atoms with van der Waals surface area (Å²) in [5.41, 5.74) is 1.19. The molecule has 1 aromatic rings. The number of hydrogen-bond donors (Lipinski definition) is 1. The second-order valence-corrected chi connectivity index (χ2v) is 6.60. The molecule has 0 amide bonds. The van der Waals surface area contributed by atoms with Gasteiger partial charge in [0, 0.05) is 11.1 Å². The molecule has 0 spiro atoms. The Morgan fingerprint density at radius 1 is 1.47 bits per heavy atom. The second-order valence-electron chi connectivity index (χ2n) is 6.19. The number of halogens is 2. The molecule has 0 bridgehead atoms. The van der Waals surface area contributed by atoms with Crippen molar-refractivity contribution >= 4 is 11.6 Å². The molecular formula is C16H23ClFN. The Morgan fingerprint density at radius 3 is 2.79 bits per heavy atom. The monoisotopic (exact) mass is 283 g/mol. The van der Waals surface area contributed by atoms with E-state index < -0.39 is 0 Å². The van der Waals surface area contributed by atoms with Gasteiger partial charge < -0.3 is 5.32 Å². The average molecular weight is 284 g/mol. The first-order valence-corrected chi connectivity index (χ1v) is 7.52. The zero-order valence-corrected chi connectivity index (χ0v) is 12.7. The van der Waals surface area contributed by atoms with Crippen LogP contribution in [0.1, 0.15) is 51.6 Å². The van der Waals surface area contributed by atoms with Crippen molar-refractivity contribution in [2.75, 3.05) is 6.54 Å². The first-order chi connectivity index (χ1) is 8.95. The van der Waals surface area contributed by atoms with Gasteiger partial charge in [-0.3, -0.25) is 0 Å². The molecule has 2 unspecified atom stereocenters. The molecule has 106 valence electrons. The molecular weight excluding hydrogens is 261 g/mol. The van der Waals surface area contributed by atoms with Crippen molar-refractivity contribution in [1.82, 2.24) is 5.32 Å². The van der Waals surface area contributed by atoms with Crippen molar-refractivity contribution in [2.45, 2.75) is 46.1 Å². The zero-order valence-electron chi connectivity index (χ0n) is 12.0. The first kappa shape index (κ1) is 14.8. The first-order valence-electron chi connectivity index (χ1n) is 7.14. The lowest BCUT2D eigenvalue weighted by molar-refractivity contribution is 0.199. The van der Waals surface area contributed by atoms with Gasteiger partial charge in [0.25, 0.3) is 0 Å². The van der Waals surface area contributed by atoms with E-state index in [0.29, 0.717) is 10.9 Å². The fourth-order valence-corrected chi connectivity index (χ4v) is 3.65. The van der Waals surface area contributed by atoms with Gasteiger partial charge in [0.2, 0.25) is 0 Å². The number of rotatable bonds is 4.